The van der Waals surface area contributed by atoms with Crippen molar-refractivity contribution in [2.24, 2.45) is 12.0 Å². The Balaban J connectivity index is 1.99. The molecule has 1 heterocycles. The third-order valence-corrected chi connectivity index (χ3v) is 6.02. The number of nitrogens with zero attached hydrogens (tertiary/aromatic N) is 2. The number of hydrogen-bond donors (Lipinski definition) is 0. The molecule has 0 unspecified atom stereocenters. The van der Waals surface area contributed by atoms with Gasteiger partial charge in [-0.25, -0.2) is 0 Å². The number of aromatic nitrogens is 1. The van der Waals surface area contributed by atoms with Crippen molar-refractivity contribution in [2.45, 2.75) is 25.7 Å². The predicted octanol–water partition coefficient (Wildman–Crippen LogP) is 4.71. The van der Waals surface area contributed by atoms with Crippen LogP contribution in [0.15, 0.2) is 46.3 Å². The van der Waals surface area contributed by atoms with Gasteiger partial charge in [0.05, 0.1) is 10.2 Å². The Morgan fingerprint density at radius 1 is 1.17 bits per heavy atom. The monoisotopic (exact) mass is 356 g/mol. The van der Waals surface area contributed by atoms with E-state index >= 15 is 0 Å². The molecule has 3 rings (SSSR count). The minimum absolute atomic E-state index is 0.196. The number of benzene rings is 2. The summed E-state index contributed by atoms with van der Waals surface area (Å²) in [7, 11) is 1.96. The second kappa shape index (κ2) is 6.95. The summed E-state index contributed by atoms with van der Waals surface area (Å²) in [5.41, 5.74) is 4.24. The summed E-state index contributed by atoms with van der Waals surface area (Å²) < 4.78 is 3.15. The zero-order valence-corrected chi connectivity index (χ0v) is 15.9. The molecule has 0 saturated carbocycles. The van der Waals surface area contributed by atoms with Gasteiger partial charge in [0, 0.05) is 17.5 Å². The van der Waals surface area contributed by atoms with Gasteiger partial charge < -0.3 is 4.57 Å². The molecule has 3 nitrogen and oxygen atoms in total. The third-order valence-electron chi connectivity index (χ3n) is 4.03. The van der Waals surface area contributed by atoms with Gasteiger partial charge in [0.15, 0.2) is 4.80 Å². The summed E-state index contributed by atoms with van der Waals surface area (Å²) in [5, 5.41) is 0. The SMILES string of the molecule is CCSc1ccc(C(=O)N=c2sc3cc(C)c(C)cc3n2C)cc1. The number of aryl methyl sites for hydroxylation is 3. The van der Waals surface area contributed by atoms with Gasteiger partial charge in [0.25, 0.3) is 5.91 Å². The van der Waals surface area contributed by atoms with Crippen molar-refractivity contribution < 1.29 is 4.79 Å². The van der Waals surface area contributed by atoms with Gasteiger partial charge in [0.2, 0.25) is 0 Å². The Morgan fingerprint density at radius 2 is 1.83 bits per heavy atom. The van der Waals surface area contributed by atoms with Crippen molar-refractivity contribution in [1.82, 2.24) is 4.57 Å². The van der Waals surface area contributed by atoms with Crippen LogP contribution in [0, 0.1) is 13.8 Å². The largest absolute Gasteiger partial charge is 0.319 e. The molecule has 0 aliphatic rings. The van der Waals surface area contributed by atoms with Crippen LogP contribution in [0.4, 0.5) is 0 Å². The van der Waals surface area contributed by atoms with E-state index in [0.717, 1.165) is 20.8 Å². The van der Waals surface area contributed by atoms with Crippen molar-refractivity contribution in [1.29, 1.82) is 0 Å². The molecular weight excluding hydrogens is 336 g/mol. The Labute approximate surface area is 150 Å². The van der Waals surface area contributed by atoms with Gasteiger partial charge in [-0.2, -0.15) is 4.99 Å². The molecule has 0 radical (unpaired) electrons. The zero-order chi connectivity index (χ0) is 17.3. The topological polar surface area (TPSA) is 34.4 Å². The highest BCUT2D eigenvalue weighted by molar-refractivity contribution is 7.99. The van der Waals surface area contributed by atoms with Crippen molar-refractivity contribution in [2.75, 3.05) is 5.75 Å². The third kappa shape index (κ3) is 3.32. The molecule has 0 atom stereocenters. The van der Waals surface area contributed by atoms with Crippen molar-refractivity contribution >= 4 is 39.2 Å². The van der Waals surface area contributed by atoms with Gasteiger partial charge in [-0.05, 0) is 67.1 Å². The first kappa shape index (κ1) is 17.0. The van der Waals surface area contributed by atoms with E-state index in [1.54, 1.807) is 23.1 Å². The van der Waals surface area contributed by atoms with Gasteiger partial charge in [-0.15, -0.1) is 11.8 Å². The molecule has 124 valence electrons. The van der Waals surface area contributed by atoms with Crippen LogP contribution in [-0.2, 0) is 7.05 Å². The zero-order valence-electron chi connectivity index (χ0n) is 14.3. The molecule has 0 saturated heterocycles. The lowest BCUT2D eigenvalue weighted by molar-refractivity contribution is 0.0998. The van der Waals surface area contributed by atoms with Crippen LogP contribution in [-0.4, -0.2) is 16.2 Å². The molecule has 24 heavy (non-hydrogen) atoms. The van der Waals surface area contributed by atoms with Crippen LogP contribution in [0.25, 0.3) is 10.2 Å². The summed E-state index contributed by atoms with van der Waals surface area (Å²) in [5.74, 6) is 0.826. The van der Waals surface area contributed by atoms with E-state index in [9.17, 15) is 4.79 Å². The van der Waals surface area contributed by atoms with E-state index in [-0.39, 0.29) is 5.91 Å². The smallest absolute Gasteiger partial charge is 0.279 e. The van der Waals surface area contributed by atoms with Gasteiger partial charge in [-0.3, -0.25) is 4.79 Å². The number of fused-ring (bicyclic) bond motifs is 1. The maximum absolute atomic E-state index is 12.5. The fourth-order valence-corrected chi connectivity index (χ4v) is 4.26. The summed E-state index contributed by atoms with van der Waals surface area (Å²) in [6, 6.07) is 12.0. The fourth-order valence-electron chi connectivity index (χ4n) is 2.50. The van der Waals surface area contributed by atoms with Crippen LogP contribution in [0.5, 0.6) is 0 Å². The fraction of sp³-hybridized carbons (Fsp3) is 0.263. The summed E-state index contributed by atoms with van der Waals surface area (Å²) in [6.07, 6.45) is 0. The highest BCUT2D eigenvalue weighted by Gasteiger charge is 2.08. The highest BCUT2D eigenvalue weighted by Crippen LogP contribution is 2.21. The first-order valence-electron chi connectivity index (χ1n) is 7.88. The second-order valence-electron chi connectivity index (χ2n) is 5.72. The van der Waals surface area contributed by atoms with Crippen molar-refractivity contribution in [3.05, 3.63) is 57.9 Å². The Bertz CT molecular complexity index is 965. The molecule has 3 aromatic rings. The van der Waals surface area contributed by atoms with Gasteiger partial charge >= 0.3 is 0 Å². The van der Waals surface area contributed by atoms with E-state index in [0.29, 0.717) is 5.56 Å². The van der Waals surface area contributed by atoms with E-state index in [1.807, 2.05) is 35.9 Å². The molecule has 0 N–H and O–H groups in total. The lowest BCUT2D eigenvalue weighted by atomic mass is 10.1. The molecule has 0 aliphatic carbocycles. The molecule has 2 aromatic carbocycles. The summed E-state index contributed by atoms with van der Waals surface area (Å²) in [4.78, 5) is 18.7. The maximum Gasteiger partial charge on any atom is 0.279 e. The number of thiazole rings is 1. The Hall–Kier alpha value is -1.85. The first-order valence-corrected chi connectivity index (χ1v) is 9.68. The van der Waals surface area contributed by atoms with Gasteiger partial charge in [-0.1, -0.05) is 18.3 Å². The molecule has 1 amide bonds. The van der Waals surface area contributed by atoms with E-state index in [1.165, 1.54) is 16.0 Å². The normalized spacial score (nSPS) is 12.1. The minimum atomic E-state index is -0.196. The number of rotatable bonds is 3. The van der Waals surface area contributed by atoms with Crippen molar-refractivity contribution in [3.8, 4) is 0 Å². The average molecular weight is 357 g/mol. The molecule has 0 spiro atoms. The number of carbonyl (C=O) groups is 1. The van der Waals surface area contributed by atoms with Crippen molar-refractivity contribution in [3.63, 3.8) is 0 Å². The summed E-state index contributed by atoms with van der Waals surface area (Å²) >= 11 is 3.32. The van der Waals surface area contributed by atoms with Gasteiger partial charge in [0.1, 0.15) is 0 Å². The predicted molar refractivity (Wildman–Crippen MR) is 103 cm³/mol. The first-order chi connectivity index (χ1) is 11.5. The maximum atomic E-state index is 12.5. The van der Waals surface area contributed by atoms with Crippen LogP contribution in [0.3, 0.4) is 0 Å². The van der Waals surface area contributed by atoms with E-state index < -0.39 is 0 Å². The number of amides is 1. The molecule has 0 fully saturated rings. The number of thioether (sulfide) groups is 1. The lowest BCUT2D eigenvalue weighted by Crippen LogP contribution is -2.13. The highest BCUT2D eigenvalue weighted by atomic mass is 32.2. The minimum Gasteiger partial charge on any atom is -0.319 e. The standard InChI is InChI=1S/C19H20N2OS2/c1-5-23-15-8-6-14(7-9-15)18(22)20-19-21(4)16-10-12(2)13(3)11-17(16)24-19/h6-11H,5H2,1-4H3. The molecule has 5 heteroatoms. The van der Waals surface area contributed by atoms with Crippen LogP contribution < -0.4 is 4.80 Å². The molecular formula is C19H20N2OS2. The van der Waals surface area contributed by atoms with E-state index in [4.69, 9.17) is 0 Å². The number of carbonyl (C=O) groups excluding carboxylic acids is 1. The van der Waals surface area contributed by atoms with E-state index in [2.05, 4.69) is 37.9 Å². The Kier molecular flexibility index (Phi) is 4.92. The van der Waals surface area contributed by atoms with Crippen LogP contribution >= 0.6 is 23.1 Å². The molecule has 0 aliphatic heterocycles. The lowest BCUT2D eigenvalue weighted by Gasteiger charge is -2.01. The average Bonchev–Trinajstić information content (AvgIpc) is 2.85. The summed E-state index contributed by atoms with van der Waals surface area (Å²) in [6.45, 7) is 6.32. The Morgan fingerprint density at radius 3 is 2.50 bits per heavy atom. The molecule has 1 aromatic heterocycles. The van der Waals surface area contributed by atoms with Crippen LogP contribution in [0.1, 0.15) is 28.4 Å². The quantitative estimate of drug-likeness (QED) is 0.637. The van der Waals surface area contributed by atoms with Crippen LogP contribution in [0.2, 0.25) is 0 Å². The number of hydrogen-bond acceptors (Lipinski definition) is 3. The molecule has 0 bridgehead atoms. The second-order valence-corrected chi connectivity index (χ2v) is 8.07.